The van der Waals surface area contributed by atoms with Gasteiger partial charge < -0.3 is 14.8 Å². The molecule has 19 heavy (non-hydrogen) atoms. The normalized spacial score (nSPS) is 10.2. The standard InChI is InChI=1S/C15H17NO3/c1-11(17)16-7-8-19-15-6-4-12-3-5-14(18-2)9-13(12)10-15/h3-6,9-10H,7-8H2,1-2H3,(H,16,17). The van der Waals surface area contributed by atoms with Crippen molar-refractivity contribution in [3.05, 3.63) is 36.4 Å². The highest BCUT2D eigenvalue weighted by molar-refractivity contribution is 5.85. The Morgan fingerprint density at radius 1 is 1.11 bits per heavy atom. The van der Waals surface area contributed by atoms with Crippen molar-refractivity contribution in [2.75, 3.05) is 20.3 Å². The lowest BCUT2D eigenvalue weighted by Gasteiger charge is -2.08. The van der Waals surface area contributed by atoms with E-state index in [1.165, 1.54) is 6.92 Å². The van der Waals surface area contributed by atoms with Crippen LogP contribution in [0.5, 0.6) is 11.5 Å². The van der Waals surface area contributed by atoms with Crippen molar-refractivity contribution in [1.82, 2.24) is 5.32 Å². The van der Waals surface area contributed by atoms with Crippen LogP contribution >= 0.6 is 0 Å². The molecule has 1 N–H and O–H groups in total. The van der Waals surface area contributed by atoms with E-state index < -0.39 is 0 Å². The van der Waals surface area contributed by atoms with Gasteiger partial charge in [0.05, 0.1) is 13.7 Å². The monoisotopic (exact) mass is 259 g/mol. The quantitative estimate of drug-likeness (QED) is 0.838. The lowest BCUT2D eigenvalue weighted by Crippen LogP contribution is -2.25. The fourth-order valence-corrected chi connectivity index (χ4v) is 1.82. The van der Waals surface area contributed by atoms with Crippen LogP contribution < -0.4 is 14.8 Å². The minimum absolute atomic E-state index is 0.0492. The van der Waals surface area contributed by atoms with E-state index in [4.69, 9.17) is 9.47 Å². The lowest BCUT2D eigenvalue weighted by atomic mass is 10.1. The van der Waals surface area contributed by atoms with Crippen LogP contribution in [0.1, 0.15) is 6.92 Å². The van der Waals surface area contributed by atoms with Crippen LogP contribution in [-0.2, 0) is 4.79 Å². The molecule has 2 rings (SSSR count). The number of carbonyl (C=O) groups is 1. The molecule has 100 valence electrons. The minimum atomic E-state index is -0.0492. The van der Waals surface area contributed by atoms with Crippen LogP contribution in [0.15, 0.2) is 36.4 Å². The van der Waals surface area contributed by atoms with Crippen LogP contribution in [0, 0.1) is 0 Å². The number of methoxy groups -OCH3 is 1. The van der Waals surface area contributed by atoms with Crippen LogP contribution in [-0.4, -0.2) is 26.2 Å². The Kier molecular flexibility index (Phi) is 4.23. The molecular formula is C15H17NO3. The smallest absolute Gasteiger partial charge is 0.216 e. The Bertz CT molecular complexity index is 581. The van der Waals surface area contributed by atoms with E-state index in [9.17, 15) is 4.79 Å². The topological polar surface area (TPSA) is 47.6 Å². The van der Waals surface area contributed by atoms with Crippen LogP contribution in [0.3, 0.4) is 0 Å². The predicted molar refractivity (Wildman–Crippen MR) is 74.7 cm³/mol. The van der Waals surface area contributed by atoms with Gasteiger partial charge in [-0.15, -0.1) is 0 Å². The highest BCUT2D eigenvalue weighted by atomic mass is 16.5. The lowest BCUT2D eigenvalue weighted by molar-refractivity contribution is -0.119. The summed E-state index contributed by atoms with van der Waals surface area (Å²) in [7, 11) is 1.65. The van der Waals surface area contributed by atoms with E-state index in [0.717, 1.165) is 22.3 Å². The third kappa shape index (κ3) is 3.61. The highest BCUT2D eigenvalue weighted by Crippen LogP contribution is 2.24. The Hall–Kier alpha value is -2.23. The van der Waals surface area contributed by atoms with Gasteiger partial charge in [0.2, 0.25) is 5.91 Å². The molecule has 1 amide bonds. The summed E-state index contributed by atoms with van der Waals surface area (Å²) >= 11 is 0. The summed E-state index contributed by atoms with van der Waals surface area (Å²) in [5.41, 5.74) is 0. The van der Waals surface area contributed by atoms with Crippen molar-refractivity contribution in [2.45, 2.75) is 6.92 Å². The maximum atomic E-state index is 10.7. The van der Waals surface area contributed by atoms with Gasteiger partial charge in [0, 0.05) is 6.92 Å². The van der Waals surface area contributed by atoms with Gasteiger partial charge in [-0.2, -0.15) is 0 Å². The largest absolute Gasteiger partial charge is 0.497 e. The molecular weight excluding hydrogens is 242 g/mol. The number of amides is 1. The molecule has 0 spiro atoms. The first-order chi connectivity index (χ1) is 9.19. The Morgan fingerprint density at radius 3 is 2.47 bits per heavy atom. The fraction of sp³-hybridized carbons (Fsp3) is 0.267. The summed E-state index contributed by atoms with van der Waals surface area (Å²) in [6.07, 6.45) is 0. The SMILES string of the molecule is COc1ccc2ccc(OCCNC(C)=O)cc2c1. The molecule has 0 heterocycles. The Balaban J connectivity index is 2.05. The molecule has 0 aliphatic heterocycles. The van der Waals surface area contributed by atoms with E-state index in [2.05, 4.69) is 5.32 Å². The number of fused-ring (bicyclic) bond motifs is 1. The van der Waals surface area contributed by atoms with Gasteiger partial charge in [0.25, 0.3) is 0 Å². The van der Waals surface area contributed by atoms with Crippen LogP contribution in [0.25, 0.3) is 10.8 Å². The Labute approximate surface area is 112 Å². The second-order valence-electron chi connectivity index (χ2n) is 4.21. The zero-order valence-electron chi connectivity index (χ0n) is 11.1. The number of rotatable bonds is 5. The summed E-state index contributed by atoms with van der Waals surface area (Å²) in [4.78, 5) is 10.7. The number of hydrogen-bond acceptors (Lipinski definition) is 3. The number of carbonyl (C=O) groups excluding carboxylic acids is 1. The van der Waals surface area contributed by atoms with Crippen molar-refractivity contribution in [2.24, 2.45) is 0 Å². The summed E-state index contributed by atoms with van der Waals surface area (Å²) < 4.78 is 10.8. The van der Waals surface area contributed by atoms with Gasteiger partial charge in [-0.1, -0.05) is 12.1 Å². The molecule has 4 heteroatoms. The summed E-state index contributed by atoms with van der Waals surface area (Å²) in [6.45, 7) is 2.45. The fourth-order valence-electron chi connectivity index (χ4n) is 1.82. The summed E-state index contributed by atoms with van der Waals surface area (Å²) in [6, 6.07) is 11.8. The molecule has 0 aliphatic carbocycles. The van der Waals surface area contributed by atoms with E-state index in [0.29, 0.717) is 13.2 Å². The zero-order valence-corrected chi connectivity index (χ0v) is 11.1. The maximum absolute atomic E-state index is 10.7. The number of benzene rings is 2. The van der Waals surface area contributed by atoms with Gasteiger partial charge in [0.15, 0.2) is 0 Å². The molecule has 0 aromatic heterocycles. The average molecular weight is 259 g/mol. The zero-order chi connectivity index (χ0) is 13.7. The highest BCUT2D eigenvalue weighted by Gasteiger charge is 2.00. The molecule has 0 saturated heterocycles. The van der Waals surface area contributed by atoms with Crippen molar-refractivity contribution in [3.63, 3.8) is 0 Å². The van der Waals surface area contributed by atoms with Crippen LogP contribution in [0.4, 0.5) is 0 Å². The molecule has 0 saturated carbocycles. The van der Waals surface area contributed by atoms with Gasteiger partial charge in [-0.25, -0.2) is 0 Å². The number of nitrogens with one attached hydrogen (secondary N) is 1. The van der Waals surface area contributed by atoms with E-state index >= 15 is 0 Å². The van der Waals surface area contributed by atoms with Gasteiger partial charge in [-0.3, -0.25) is 4.79 Å². The Morgan fingerprint density at radius 2 is 1.79 bits per heavy atom. The maximum Gasteiger partial charge on any atom is 0.216 e. The van der Waals surface area contributed by atoms with Crippen LogP contribution in [0.2, 0.25) is 0 Å². The third-order valence-corrected chi connectivity index (χ3v) is 2.76. The summed E-state index contributed by atoms with van der Waals surface area (Å²) in [5.74, 6) is 1.56. The number of hydrogen-bond donors (Lipinski definition) is 1. The molecule has 0 fully saturated rings. The third-order valence-electron chi connectivity index (χ3n) is 2.76. The average Bonchev–Trinajstić information content (AvgIpc) is 2.42. The molecule has 0 bridgehead atoms. The number of ether oxygens (including phenoxy) is 2. The molecule has 0 aliphatic rings. The van der Waals surface area contributed by atoms with Crippen molar-refractivity contribution in [3.8, 4) is 11.5 Å². The molecule has 0 atom stereocenters. The minimum Gasteiger partial charge on any atom is -0.497 e. The van der Waals surface area contributed by atoms with E-state index in [-0.39, 0.29) is 5.91 Å². The van der Waals surface area contributed by atoms with Gasteiger partial charge in [-0.05, 0) is 35.0 Å². The first-order valence-electron chi connectivity index (χ1n) is 6.14. The second-order valence-corrected chi connectivity index (χ2v) is 4.21. The molecule has 0 radical (unpaired) electrons. The van der Waals surface area contributed by atoms with Crippen molar-refractivity contribution >= 4 is 16.7 Å². The molecule has 4 nitrogen and oxygen atoms in total. The second kappa shape index (κ2) is 6.09. The van der Waals surface area contributed by atoms with Gasteiger partial charge in [0.1, 0.15) is 18.1 Å². The molecule has 0 unspecified atom stereocenters. The van der Waals surface area contributed by atoms with Crippen molar-refractivity contribution in [1.29, 1.82) is 0 Å². The van der Waals surface area contributed by atoms with E-state index in [1.54, 1.807) is 7.11 Å². The summed E-state index contributed by atoms with van der Waals surface area (Å²) in [5, 5.41) is 4.89. The van der Waals surface area contributed by atoms with E-state index in [1.807, 2.05) is 36.4 Å². The molecule has 2 aromatic rings. The first-order valence-corrected chi connectivity index (χ1v) is 6.14. The molecule has 2 aromatic carbocycles. The predicted octanol–water partition coefficient (Wildman–Crippen LogP) is 2.36. The van der Waals surface area contributed by atoms with Crippen molar-refractivity contribution < 1.29 is 14.3 Å². The first kappa shape index (κ1) is 13.2. The van der Waals surface area contributed by atoms with Gasteiger partial charge >= 0.3 is 0 Å².